The molecule has 2 heterocycles. The summed E-state index contributed by atoms with van der Waals surface area (Å²) in [6.07, 6.45) is 3.35. The van der Waals surface area contributed by atoms with E-state index in [1.165, 1.54) is 0 Å². The Hall–Kier alpha value is -1.36. The largest absolute Gasteiger partial charge is 0.360 e. The number of aromatic amines is 1. The molecule has 2 aromatic heterocycles. The maximum absolute atomic E-state index is 11.4. The molecule has 2 rings (SSSR count). The third kappa shape index (κ3) is 1.39. The summed E-state index contributed by atoms with van der Waals surface area (Å²) in [5.74, 6) is -0.111. The Morgan fingerprint density at radius 1 is 1.64 bits per heavy atom. The second-order valence-electron chi connectivity index (χ2n) is 2.83. The first-order chi connectivity index (χ1) is 6.72. The fourth-order valence-electron chi connectivity index (χ4n) is 1.31. The van der Waals surface area contributed by atoms with Gasteiger partial charge in [-0.3, -0.25) is 4.79 Å². The minimum atomic E-state index is -0.111. The van der Waals surface area contributed by atoms with E-state index in [1.807, 2.05) is 6.07 Å². The molecule has 4 nitrogen and oxygen atoms in total. The van der Waals surface area contributed by atoms with Gasteiger partial charge in [0.1, 0.15) is 4.60 Å². The maximum atomic E-state index is 11.4. The molecule has 0 aliphatic heterocycles. The first-order valence-electron chi connectivity index (χ1n) is 4.07. The van der Waals surface area contributed by atoms with Gasteiger partial charge in [-0.2, -0.15) is 0 Å². The van der Waals surface area contributed by atoms with Crippen molar-refractivity contribution >= 4 is 32.7 Å². The van der Waals surface area contributed by atoms with Crippen LogP contribution in [0.5, 0.6) is 0 Å². The van der Waals surface area contributed by atoms with E-state index in [0.29, 0.717) is 5.56 Å². The third-order valence-electron chi connectivity index (χ3n) is 2.00. The van der Waals surface area contributed by atoms with E-state index in [-0.39, 0.29) is 5.91 Å². The Morgan fingerprint density at radius 2 is 2.43 bits per heavy atom. The number of hydrogen-bond acceptors (Lipinski definition) is 2. The van der Waals surface area contributed by atoms with Gasteiger partial charge in [-0.15, -0.1) is 0 Å². The average Bonchev–Trinajstić information content (AvgIpc) is 2.59. The lowest BCUT2D eigenvalue weighted by molar-refractivity contribution is 0.0965. The minimum absolute atomic E-state index is 0.111. The maximum Gasteiger partial charge on any atom is 0.253 e. The molecule has 2 N–H and O–H groups in total. The van der Waals surface area contributed by atoms with Crippen molar-refractivity contribution in [2.45, 2.75) is 0 Å². The van der Waals surface area contributed by atoms with E-state index in [4.69, 9.17) is 0 Å². The molecule has 14 heavy (non-hydrogen) atoms. The molecule has 5 heteroatoms. The van der Waals surface area contributed by atoms with Gasteiger partial charge in [-0.25, -0.2) is 4.98 Å². The molecule has 0 aliphatic carbocycles. The van der Waals surface area contributed by atoms with Crippen LogP contribution in [0.2, 0.25) is 0 Å². The van der Waals surface area contributed by atoms with E-state index in [0.717, 1.165) is 15.5 Å². The molecule has 0 saturated heterocycles. The van der Waals surface area contributed by atoms with Crippen LogP contribution in [-0.2, 0) is 0 Å². The molecule has 0 saturated carbocycles. The summed E-state index contributed by atoms with van der Waals surface area (Å²) >= 11 is 3.26. The zero-order chi connectivity index (χ0) is 10.1. The smallest absolute Gasteiger partial charge is 0.253 e. The van der Waals surface area contributed by atoms with Gasteiger partial charge in [-0.1, -0.05) is 0 Å². The van der Waals surface area contributed by atoms with Gasteiger partial charge >= 0.3 is 0 Å². The minimum Gasteiger partial charge on any atom is -0.360 e. The molecule has 0 spiro atoms. The van der Waals surface area contributed by atoms with Crippen molar-refractivity contribution in [1.29, 1.82) is 0 Å². The Morgan fingerprint density at radius 3 is 3.14 bits per heavy atom. The number of hydrogen-bond donors (Lipinski definition) is 2. The molecule has 72 valence electrons. The highest BCUT2D eigenvalue weighted by Gasteiger charge is 2.10. The van der Waals surface area contributed by atoms with E-state index in [9.17, 15) is 4.79 Å². The zero-order valence-corrected chi connectivity index (χ0v) is 9.05. The van der Waals surface area contributed by atoms with Gasteiger partial charge in [0, 0.05) is 24.8 Å². The van der Waals surface area contributed by atoms with Crippen molar-refractivity contribution in [3.63, 3.8) is 0 Å². The van der Waals surface area contributed by atoms with Crippen LogP contribution in [0.4, 0.5) is 0 Å². The fourth-order valence-corrected chi connectivity index (χ4v) is 1.65. The summed E-state index contributed by atoms with van der Waals surface area (Å²) in [5.41, 5.74) is 1.51. The van der Waals surface area contributed by atoms with Crippen LogP contribution in [0.15, 0.2) is 23.1 Å². The molecule has 0 aromatic carbocycles. The summed E-state index contributed by atoms with van der Waals surface area (Å²) in [4.78, 5) is 18.5. The summed E-state index contributed by atoms with van der Waals surface area (Å²) < 4.78 is 0.746. The van der Waals surface area contributed by atoms with Gasteiger partial charge in [-0.05, 0) is 22.0 Å². The van der Waals surface area contributed by atoms with Gasteiger partial charge in [0.25, 0.3) is 5.91 Å². The Labute approximate surface area is 88.9 Å². The number of fused-ring (bicyclic) bond motifs is 1. The molecule has 0 bridgehead atoms. The molecule has 0 unspecified atom stereocenters. The Kier molecular flexibility index (Phi) is 2.25. The monoisotopic (exact) mass is 253 g/mol. The number of carbonyl (C=O) groups excluding carboxylic acids is 1. The number of carbonyl (C=O) groups is 1. The normalized spacial score (nSPS) is 10.4. The van der Waals surface area contributed by atoms with Crippen molar-refractivity contribution in [2.75, 3.05) is 7.05 Å². The van der Waals surface area contributed by atoms with Crippen LogP contribution >= 0.6 is 15.9 Å². The Bertz CT molecular complexity index is 492. The highest BCUT2D eigenvalue weighted by Crippen LogP contribution is 2.19. The van der Waals surface area contributed by atoms with Crippen LogP contribution in [0.25, 0.3) is 10.9 Å². The fraction of sp³-hybridized carbons (Fsp3) is 0.111. The number of nitrogens with one attached hydrogen (secondary N) is 2. The van der Waals surface area contributed by atoms with Crippen LogP contribution in [0.1, 0.15) is 10.4 Å². The van der Waals surface area contributed by atoms with E-state index >= 15 is 0 Å². The zero-order valence-electron chi connectivity index (χ0n) is 7.47. The highest BCUT2D eigenvalue weighted by atomic mass is 79.9. The third-order valence-corrected chi connectivity index (χ3v) is 2.44. The molecule has 0 fully saturated rings. The van der Waals surface area contributed by atoms with Gasteiger partial charge < -0.3 is 10.3 Å². The Balaban J connectivity index is 2.64. The first-order valence-corrected chi connectivity index (χ1v) is 4.86. The molecule has 0 atom stereocenters. The number of amides is 1. The topological polar surface area (TPSA) is 57.8 Å². The number of nitrogens with zero attached hydrogens (tertiary/aromatic N) is 1. The van der Waals surface area contributed by atoms with E-state index < -0.39 is 0 Å². The van der Waals surface area contributed by atoms with Crippen LogP contribution in [-0.4, -0.2) is 22.9 Å². The van der Waals surface area contributed by atoms with Crippen LogP contribution < -0.4 is 5.32 Å². The summed E-state index contributed by atoms with van der Waals surface area (Å²) in [7, 11) is 1.60. The SMILES string of the molecule is CNC(=O)c1c[nH]c2cc(Br)ncc12. The number of halogens is 1. The van der Waals surface area contributed by atoms with Gasteiger partial charge in [0.05, 0.1) is 11.1 Å². The standard InChI is InChI=1S/C9H8BrN3O/c1-11-9(14)6-4-12-7-2-8(10)13-3-5(6)7/h2-4,12H,1H3,(H,11,14). The lowest BCUT2D eigenvalue weighted by Gasteiger charge is -1.96. The van der Waals surface area contributed by atoms with Crippen molar-refractivity contribution in [3.8, 4) is 0 Å². The van der Waals surface area contributed by atoms with Crippen LogP contribution in [0, 0.1) is 0 Å². The lowest BCUT2D eigenvalue weighted by Crippen LogP contribution is -2.17. The second-order valence-corrected chi connectivity index (χ2v) is 3.65. The quantitative estimate of drug-likeness (QED) is 0.761. The van der Waals surface area contributed by atoms with E-state index in [2.05, 4.69) is 31.2 Å². The van der Waals surface area contributed by atoms with Crippen molar-refractivity contribution in [1.82, 2.24) is 15.3 Å². The molecule has 1 amide bonds. The highest BCUT2D eigenvalue weighted by molar-refractivity contribution is 9.10. The summed E-state index contributed by atoms with van der Waals surface area (Å²) in [5, 5.41) is 3.40. The van der Waals surface area contributed by atoms with Gasteiger partial charge in [0.2, 0.25) is 0 Å². The van der Waals surface area contributed by atoms with E-state index in [1.54, 1.807) is 19.4 Å². The lowest BCUT2D eigenvalue weighted by atomic mass is 10.2. The molecular formula is C9H8BrN3O. The number of rotatable bonds is 1. The average molecular weight is 254 g/mol. The number of aromatic nitrogens is 2. The second kappa shape index (κ2) is 3.42. The van der Waals surface area contributed by atoms with Crippen molar-refractivity contribution < 1.29 is 4.79 Å². The molecule has 0 aliphatic rings. The summed E-state index contributed by atoms with van der Waals surface area (Å²) in [6, 6.07) is 1.84. The molecule has 0 radical (unpaired) electrons. The van der Waals surface area contributed by atoms with Crippen molar-refractivity contribution in [2.24, 2.45) is 0 Å². The molecular weight excluding hydrogens is 246 g/mol. The predicted molar refractivity (Wildman–Crippen MR) is 57.2 cm³/mol. The number of pyridine rings is 1. The predicted octanol–water partition coefficient (Wildman–Crippen LogP) is 1.68. The van der Waals surface area contributed by atoms with Crippen LogP contribution in [0.3, 0.4) is 0 Å². The first kappa shape index (κ1) is 9.21. The van der Waals surface area contributed by atoms with Gasteiger partial charge in [0.15, 0.2) is 0 Å². The van der Waals surface area contributed by atoms with Crippen molar-refractivity contribution in [3.05, 3.63) is 28.6 Å². The summed E-state index contributed by atoms with van der Waals surface area (Å²) in [6.45, 7) is 0. The number of H-pyrrole nitrogens is 1. The molecule has 2 aromatic rings.